The van der Waals surface area contributed by atoms with E-state index in [0.29, 0.717) is 5.92 Å². The summed E-state index contributed by atoms with van der Waals surface area (Å²) in [7, 11) is 3.94. The SMILES string of the molecule is CCOC1(C(NC)c2cnnn2C)CCCC(C)C1. The van der Waals surface area contributed by atoms with Gasteiger partial charge in [0.15, 0.2) is 0 Å². The molecule has 1 N–H and O–H groups in total. The van der Waals surface area contributed by atoms with Crippen LogP contribution in [0.15, 0.2) is 6.20 Å². The number of nitrogens with zero attached hydrogens (tertiary/aromatic N) is 3. The van der Waals surface area contributed by atoms with Gasteiger partial charge in [0.2, 0.25) is 0 Å². The van der Waals surface area contributed by atoms with E-state index in [1.54, 1.807) is 0 Å². The second kappa shape index (κ2) is 6.01. The van der Waals surface area contributed by atoms with E-state index in [4.69, 9.17) is 4.74 Å². The zero-order chi connectivity index (χ0) is 13.9. The second-order valence-electron chi connectivity index (χ2n) is 5.70. The molecular weight excluding hydrogens is 240 g/mol. The highest BCUT2D eigenvalue weighted by atomic mass is 16.5. The van der Waals surface area contributed by atoms with Gasteiger partial charge in [-0.1, -0.05) is 25.0 Å². The molecule has 1 aliphatic rings. The molecule has 1 heterocycles. The van der Waals surface area contributed by atoms with Gasteiger partial charge in [0, 0.05) is 13.7 Å². The first-order valence-corrected chi connectivity index (χ1v) is 7.28. The summed E-state index contributed by atoms with van der Waals surface area (Å²) < 4.78 is 8.09. The van der Waals surface area contributed by atoms with Gasteiger partial charge in [0.25, 0.3) is 0 Å². The van der Waals surface area contributed by atoms with Crippen LogP contribution in [0.25, 0.3) is 0 Å². The Morgan fingerprint density at radius 2 is 2.42 bits per heavy atom. The third-order valence-corrected chi connectivity index (χ3v) is 4.28. The Kier molecular flexibility index (Phi) is 4.58. The standard InChI is InChI=1S/C14H26N4O/c1-5-19-14(8-6-7-11(2)9-14)13(15-3)12-10-16-17-18(12)4/h10-11,13,15H,5-9H2,1-4H3. The molecule has 1 aliphatic carbocycles. The first-order chi connectivity index (χ1) is 9.13. The van der Waals surface area contributed by atoms with Gasteiger partial charge in [0.1, 0.15) is 0 Å². The summed E-state index contributed by atoms with van der Waals surface area (Å²) in [5.74, 6) is 0.706. The van der Waals surface area contributed by atoms with Crippen molar-refractivity contribution in [3.63, 3.8) is 0 Å². The molecule has 0 bridgehead atoms. The number of hydrogen-bond acceptors (Lipinski definition) is 4. The molecule has 0 saturated heterocycles. The number of hydrogen-bond donors (Lipinski definition) is 1. The van der Waals surface area contributed by atoms with Crippen molar-refractivity contribution in [3.8, 4) is 0 Å². The molecule has 3 unspecified atom stereocenters. The molecule has 0 aromatic carbocycles. The molecule has 0 radical (unpaired) electrons. The molecule has 0 spiro atoms. The number of aryl methyl sites for hydroxylation is 1. The van der Waals surface area contributed by atoms with Gasteiger partial charge in [-0.25, -0.2) is 0 Å². The van der Waals surface area contributed by atoms with Gasteiger partial charge >= 0.3 is 0 Å². The number of nitrogens with one attached hydrogen (secondary N) is 1. The summed E-state index contributed by atoms with van der Waals surface area (Å²) in [6, 6.07) is 0.148. The summed E-state index contributed by atoms with van der Waals surface area (Å²) in [6.45, 7) is 5.15. The molecule has 5 heteroatoms. The highest BCUT2D eigenvalue weighted by Crippen LogP contribution is 2.43. The summed E-state index contributed by atoms with van der Waals surface area (Å²) >= 11 is 0. The van der Waals surface area contributed by atoms with Gasteiger partial charge < -0.3 is 10.1 Å². The normalized spacial score (nSPS) is 29.4. The minimum Gasteiger partial charge on any atom is -0.373 e. The van der Waals surface area contributed by atoms with Crippen LogP contribution in [0.5, 0.6) is 0 Å². The predicted molar refractivity (Wildman–Crippen MR) is 74.8 cm³/mol. The largest absolute Gasteiger partial charge is 0.373 e. The van der Waals surface area contributed by atoms with Crippen LogP contribution in [0, 0.1) is 5.92 Å². The first kappa shape index (κ1) is 14.5. The zero-order valence-electron chi connectivity index (χ0n) is 12.5. The van der Waals surface area contributed by atoms with Crippen LogP contribution in [0.2, 0.25) is 0 Å². The molecule has 108 valence electrons. The van der Waals surface area contributed by atoms with E-state index in [1.807, 2.05) is 25.0 Å². The van der Waals surface area contributed by atoms with Crippen LogP contribution in [-0.2, 0) is 11.8 Å². The third kappa shape index (κ3) is 2.82. The highest BCUT2D eigenvalue weighted by molar-refractivity contribution is 5.11. The Balaban J connectivity index is 2.32. The number of aromatic nitrogens is 3. The van der Waals surface area contributed by atoms with Crippen molar-refractivity contribution in [2.75, 3.05) is 13.7 Å². The molecule has 19 heavy (non-hydrogen) atoms. The molecule has 2 rings (SSSR count). The van der Waals surface area contributed by atoms with Crippen molar-refractivity contribution >= 4 is 0 Å². The van der Waals surface area contributed by atoms with E-state index in [-0.39, 0.29) is 11.6 Å². The van der Waals surface area contributed by atoms with Crippen molar-refractivity contribution in [1.29, 1.82) is 0 Å². The lowest BCUT2D eigenvalue weighted by atomic mass is 9.73. The van der Waals surface area contributed by atoms with Gasteiger partial charge in [-0.05, 0) is 32.7 Å². The van der Waals surface area contributed by atoms with Crippen LogP contribution in [-0.4, -0.2) is 34.2 Å². The molecule has 1 saturated carbocycles. The van der Waals surface area contributed by atoms with Crippen LogP contribution in [0.4, 0.5) is 0 Å². The molecule has 1 aromatic rings. The molecule has 0 amide bonds. The Labute approximate surface area is 115 Å². The van der Waals surface area contributed by atoms with Gasteiger partial charge in [-0.2, -0.15) is 0 Å². The van der Waals surface area contributed by atoms with Crippen molar-refractivity contribution in [2.45, 2.75) is 51.2 Å². The molecule has 1 fully saturated rings. The monoisotopic (exact) mass is 266 g/mol. The van der Waals surface area contributed by atoms with E-state index in [9.17, 15) is 0 Å². The van der Waals surface area contributed by atoms with Crippen molar-refractivity contribution < 1.29 is 4.74 Å². The number of likely N-dealkylation sites (N-methyl/N-ethyl adjacent to an activating group) is 1. The minimum absolute atomic E-state index is 0.128. The van der Waals surface area contributed by atoms with Gasteiger partial charge in [0.05, 0.1) is 23.5 Å². The van der Waals surface area contributed by atoms with Crippen molar-refractivity contribution in [1.82, 2.24) is 20.3 Å². The van der Waals surface area contributed by atoms with Crippen LogP contribution in [0.1, 0.15) is 51.3 Å². The number of rotatable bonds is 5. The van der Waals surface area contributed by atoms with Crippen LogP contribution >= 0.6 is 0 Å². The molecule has 0 aliphatic heterocycles. The first-order valence-electron chi connectivity index (χ1n) is 7.28. The van der Waals surface area contributed by atoms with Gasteiger partial charge in [-0.15, -0.1) is 5.10 Å². The Morgan fingerprint density at radius 1 is 1.63 bits per heavy atom. The maximum absolute atomic E-state index is 6.24. The average molecular weight is 266 g/mol. The maximum Gasteiger partial charge on any atom is 0.0894 e. The van der Waals surface area contributed by atoms with E-state index in [1.165, 1.54) is 12.8 Å². The fourth-order valence-corrected chi connectivity index (χ4v) is 3.55. The maximum atomic E-state index is 6.24. The van der Waals surface area contributed by atoms with Crippen molar-refractivity contribution in [3.05, 3.63) is 11.9 Å². The van der Waals surface area contributed by atoms with Crippen molar-refractivity contribution in [2.24, 2.45) is 13.0 Å². The van der Waals surface area contributed by atoms with E-state index >= 15 is 0 Å². The Hall–Kier alpha value is -0.940. The fraction of sp³-hybridized carbons (Fsp3) is 0.857. The smallest absolute Gasteiger partial charge is 0.0894 e. The molecule has 5 nitrogen and oxygen atoms in total. The highest BCUT2D eigenvalue weighted by Gasteiger charge is 2.44. The number of ether oxygens (including phenoxy) is 1. The zero-order valence-corrected chi connectivity index (χ0v) is 12.5. The molecule has 3 atom stereocenters. The minimum atomic E-state index is -0.128. The topological polar surface area (TPSA) is 52.0 Å². The Bertz CT molecular complexity index is 402. The molecule has 1 aromatic heterocycles. The second-order valence-corrected chi connectivity index (χ2v) is 5.70. The van der Waals surface area contributed by atoms with Crippen LogP contribution in [0.3, 0.4) is 0 Å². The quantitative estimate of drug-likeness (QED) is 0.886. The predicted octanol–water partition coefficient (Wildman–Crippen LogP) is 2.06. The lowest BCUT2D eigenvalue weighted by Gasteiger charge is -2.45. The fourth-order valence-electron chi connectivity index (χ4n) is 3.55. The van der Waals surface area contributed by atoms with Crippen LogP contribution < -0.4 is 5.32 Å². The summed E-state index contributed by atoms with van der Waals surface area (Å²) in [4.78, 5) is 0. The Morgan fingerprint density at radius 3 is 2.95 bits per heavy atom. The van der Waals surface area contributed by atoms with E-state index < -0.39 is 0 Å². The summed E-state index contributed by atoms with van der Waals surface area (Å²) in [5, 5.41) is 11.5. The van der Waals surface area contributed by atoms with Gasteiger partial charge in [-0.3, -0.25) is 4.68 Å². The molecular formula is C14H26N4O. The lowest BCUT2D eigenvalue weighted by molar-refractivity contribution is -0.102. The van der Waals surface area contributed by atoms with E-state index in [0.717, 1.165) is 25.1 Å². The lowest BCUT2D eigenvalue weighted by Crippen LogP contribution is -2.49. The van der Waals surface area contributed by atoms with E-state index in [2.05, 4.69) is 29.5 Å². The summed E-state index contributed by atoms with van der Waals surface area (Å²) in [5.41, 5.74) is 0.974. The third-order valence-electron chi connectivity index (χ3n) is 4.28. The summed E-state index contributed by atoms with van der Waals surface area (Å²) in [6.07, 6.45) is 6.57. The average Bonchev–Trinajstić information content (AvgIpc) is 2.77.